The monoisotopic (exact) mass is 291 g/mol. The van der Waals surface area contributed by atoms with Gasteiger partial charge >= 0.3 is 0 Å². The quantitative estimate of drug-likeness (QED) is 0.810. The summed E-state index contributed by atoms with van der Waals surface area (Å²) in [5.74, 6) is 2.24. The molecule has 0 saturated heterocycles. The summed E-state index contributed by atoms with van der Waals surface area (Å²) in [4.78, 5) is 0. The van der Waals surface area contributed by atoms with Crippen LogP contribution in [0.3, 0.4) is 0 Å². The molecule has 5 nitrogen and oxygen atoms in total. The standard InChI is InChI=1S/C16H25N3O2/c1-12(2)6-17-7-14-5-15(20-10-14)11-21-16-8-18-19(9-16)13(3)4/h5,8-10,12-13,17H,6-7,11H2,1-4H3. The predicted octanol–water partition coefficient (Wildman–Crippen LogP) is 3.38. The molecule has 116 valence electrons. The number of rotatable bonds is 8. The van der Waals surface area contributed by atoms with Gasteiger partial charge in [-0.1, -0.05) is 13.8 Å². The van der Waals surface area contributed by atoms with E-state index >= 15 is 0 Å². The molecule has 0 saturated carbocycles. The van der Waals surface area contributed by atoms with Crippen LogP contribution in [0.15, 0.2) is 29.1 Å². The van der Waals surface area contributed by atoms with Crippen LogP contribution in [0.2, 0.25) is 0 Å². The summed E-state index contributed by atoms with van der Waals surface area (Å²) >= 11 is 0. The molecule has 0 fully saturated rings. The van der Waals surface area contributed by atoms with Gasteiger partial charge in [0.25, 0.3) is 0 Å². The van der Waals surface area contributed by atoms with Crippen molar-refractivity contribution in [1.29, 1.82) is 0 Å². The molecule has 2 rings (SSSR count). The van der Waals surface area contributed by atoms with Gasteiger partial charge in [0.15, 0.2) is 5.75 Å². The highest BCUT2D eigenvalue weighted by atomic mass is 16.5. The summed E-state index contributed by atoms with van der Waals surface area (Å²) in [5, 5.41) is 7.63. The average Bonchev–Trinajstić information content (AvgIpc) is 3.04. The van der Waals surface area contributed by atoms with E-state index in [0.29, 0.717) is 18.6 Å². The number of aromatic nitrogens is 2. The lowest BCUT2D eigenvalue weighted by Gasteiger charge is -2.04. The Kier molecular flexibility index (Phi) is 5.44. The van der Waals surface area contributed by atoms with Crippen molar-refractivity contribution in [3.05, 3.63) is 36.0 Å². The van der Waals surface area contributed by atoms with Gasteiger partial charge in [0, 0.05) is 18.2 Å². The molecular weight excluding hydrogens is 266 g/mol. The highest BCUT2D eigenvalue weighted by Crippen LogP contribution is 2.15. The zero-order valence-corrected chi connectivity index (χ0v) is 13.3. The number of nitrogens with zero attached hydrogens (tertiary/aromatic N) is 2. The van der Waals surface area contributed by atoms with Crippen LogP contribution < -0.4 is 10.1 Å². The second kappa shape index (κ2) is 7.31. The maximum Gasteiger partial charge on any atom is 0.157 e. The summed E-state index contributed by atoms with van der Waals surface area (Å²) in [6.45, 7) is 10.8. The zero-order chi connectivity index (χ0) is 15.2. The van der Waals surface area contributed by atoms with Crippen molar-refractivity contribution < 1.29 is 9.15 Å². The maximum absolute atomic E-state index is 5.68. The van der Waals surface area contributed by atoms with Gasteiger partial charge in [0.05, 0.1) is 18.7 Å². The van der Waals surface area contributed by atoms with E-state index in [-0.39, 0.29) is 0 Å². The van der Waals surface area contributed by atoms with Crippen molar-refractivity contribution in [2.75, 3.05) is 6.54 Å². The third kappa shape index (κ3) is 4.93. The summed E-state index contributed by atoms with van der Waals surface area (Å²) < 4.78 is 13.1. The van der Waals surface area contributed by atoms with Gasteiger partial charge in [0.2, 0.25) is 0 Å². The minimum atomic E-state index is 0.338. The molecule has 2 aromatic rings. The number of hydrogen-bond donors (Lipinski definition) is 1. The molecule has 0 radical (unpaired) electrons. The zero-order valence-electron chi connectivity index (χ0n) is 13.3. The van der Waals surface area contributed by atoms with Crippen LogP contribution in [0.1, 0.15) is 45.1 Å². The van der Waals surface area contributed by atoms with Crippen molar-refractivity contribution >= 4 is 0 Å². The molecular formula is C16H25N3O2. The molecule has 21 heavy (non-hydrogen) atoms. The first-order chi connectivity index (χ1) is 10.0. The van der Waals surface area contributed by atoms with Gasteiger partial charge in [-0.2, -0.15) is 5.10 Å². The van der Waals surface area contributed by atoms with Gasteiger partial charge < -0.3 is 14.5 Å². The largest absolute Gasteiger partial charge is 0.482 e. The molecule has 0 unspecified atom stereocenters. The van der Waals surface area contributed by atoms with Gasteiger partial charge in [-0.25, -0.2) is 0 Å². The van der Waals surface area contributed by atoms with Crippen LogP contribution in [0, 0.1) is 5.92 Å². The molecule has 2 aromatic heterocycles. The number of nitrogens with one attached hydrogen (secondary N) is 1. The summed E-state index contributed by atoms with van der Waals surface area (Å²) in [7, 11) is 0. The molecule has 0 spiro atoms. The number of hydrogen-bond acceptors (Lipinski definition) is 4. The lowest BCUT2D eigenvalue weighted by Crippen LogP contribution is -2.18. The second-order valence-corrected chi connectivity index (χ2v) is 5.98. The van der Waals surface area contributed by atoms with Crippen molar-refractivity contribution in [3.8, 4) is 5.75 Å². The van der Waals surface area contributed by atoms with E-state index in [1.807, 2.05) is 16.9 Å². The van der Waals surface area contributed by atoms with Crippen molar-refractivity contribution in [2.24, 2.45) is 5.92 Å². The molecule has 2 heterocycles. The molecule has 5 heteroatoms. The van der Waals surface area contributed by atoms with E-state index in [2.05, 4.69) is 38.1 Å². The van der Waals surface area contributed by atoms with Crippen LogP contribution in [-0.2, 0) is 13.2 Å². The molecule has 0 bridgehead atoms. The van der Waals surface area contributed by atoms with Crippen LogP contribution in [0.25, 0.3) is 0 Å². The Morgan fingerprint density at radius 1 is 1.33 bits per heavy atom. The minimum Gasteiger partial charge on any atom is -0.482 e. The van der Waals surface area contributed by atoms with E-state index in [4.69, 9.17) is 9.15 Å². The van der Waals surface area contributed by atoms with Crippen molar-refractivity contribution in [1.82, 2.24) is 15.1 Å². The average molecular weight is 291 g/mol. The van der Waals surface area contributed by atoms with E-state index < -0.39 is 0 Å². The third-order valence-corrected chi connectivity index (χ3v) is 3.08. The Hall–Kier alpha value is -1.75. The Morgan fingerprint density at radius 3 is 2.81 bits per heavy atom. The van der Waals surface area contributed by atoms with E-state index in [1.165, 1.54) is 0 Å². The van der Waals surface area contributed by atoms with Gasteiger partial charge in [-0.3, -0.25) is 4.68 Å². The van der Waals surface area contributed by atoms with Crippen LogP contribution in [-0.4, -0.2) is 16.3 Å². The summed E-state index contributed by atoms with van der Waals surface area (Å²) in [5.41, 5.74) is 1.15. The van der Waals surface area contributed by atoms with Crippen LogP contribution >= 0.6 is 0 Å². The van der Waals surface area contributed by atoms with Gasteiger partial charge in [0.1, 0.15) is 12.4 Å². The Bertz CT molecular complexity index is 543. The van der Waals surface area contributed by atoms with Crippen molar-refractivity contribution in [2.45, 2.75) is 46.9 Å². The summed E-state index contributed by atoms with van der Waals surface area (Å²) in [6.07, 6.45) is 5.41. The predicted molar refractivity (Wildman–Crippen MR) is 82.2 cm³/mol. The smallest absolute Gasteiger partial charge is 0.157 e. The topological polar surface area (TPSA) is 52.2 Å². The van der Waals surface area contributed by atoms with E-state index in [0.717, 1.165) is 30.2 Å². The third-order valence-electron chi connectivity index (χ3n) is 3.08. The lowest BCUT2D eigenvalue weighted by atomic mass is 10.2. The SMILES string of the molecule is CC(C)CNCc1coc(COc2cnn(C(C)C)c2)c1. The number of ether oxygens (including phenoxy) is 1. The fraction of sp³-hybridized carbons (Fsp3) is 0.562. The van der Waals surface area contributed by atoms with Crippen LogP contribution in [0.4, 0.5) is 0 Å². The Balaban J connectivity index is 1.79. The molecule has 0 aliphatic heterocycles. The first kappa shape index (κ1) is 15.6. The fourth-order valence-electron chi connectivity index (χ4n) is 1.93. The van der Waals surface area contributed by atoms with Crippen molar-refractivity contribution in [3.63, 3.8) is 0 Å². The molecule has 0 atom stereocenters. The molecule has 0 aliphatic rings. The summed E-state index contributed by atoms with van der Waals surface area (Å²) in [6, 6.07) is 2.37. The normalized spacial score (nSPS) is 11.5. The second-order valence-electron chi connectivity index (χ2n) is 5.98. The minimum absolute atomic E-state index is 0.338. The lowest BCUT2D eigenvalue weighted by molar-refractivity contribution is 0.270. The van der Waals surface area contributed by atoms with E-state index in [9.17, 15) is 0 Å². The highest BCUT2D eigenvalue weighted by molar-refractivity contribution is 5.15. The number of furan rings is 1. The van der Waals surface area contributed by atoms with Gasteiger partial charge in [-0.15, -0.1) is 0 Å². The fourth-order valence-corrected chi connectivity index (χ4v) is 1.93. The van der Waals surface area contributed by atoms with Gasteiger partial charge in [-0.05, 0) is 32.4 Å². The molecule has 1 N–H and O–H groups in total. The molecule has 0 aromatic carbocycles. The first-order valence-electron chi connectivity index (χ1n) is 7.48. The molecule has 0 aliphatic carbocycles. The molecule has 0 amide bonds. The van der Waals surface area contributed by atoms with Crippen LogP contribution in [0.5, 0.6) is 5.75 Å². The Labute approximate surface area is 126 Å². The maximum atomic E-state index is 5.68. The Morgan fingerprint density at radius 2 is 2.14 bits per heavy atom. The first-order valence-corrected chi connectivity index (χ1v) is 7.48. The van der Waals surface area contributed by atoms with E-state index in [1.54, 1.807) is 12.5 Å². The highest BCUT2D eigenvalue weighted by Gasteiger charge is 2.06.